The summed E-state index contributed by atoms with van der Waals surface area (Å²) in [6.45, 7) is 1.95. The number of aliphatic hydroxyl groups is 1. The van der Waals surface area contributed by atoms with Gasteiger partial charge >= 0.3 is 11.8 Å². The third-order valence-electron chi connectivity index (χ3n) is 3.43. The van der Waals surface area contributed by atoms with Gasteiger partial charge in [-0.1, -0.05) is 24.3 Å². The Hall–Kier alpha value is -2.93. The number of ether oxygens (including phenoxy) is 1. The number of hydrogen-bond acceptors (Lipinski definition) is 4. The van der Waals surface area contributed by atoms with E-state index in [2.05, 4.69) is 10.6 Å². The summed E-state index contributed by atoms with van der Waals surface area (Å²) in [7, 11) is 0. The topological polar surface area (TPSA) is 87.7 Å². The molecule has 0 aromatic heterocycles. The highest BCUT2D eigenvalue weighted by Gasteiger charge is 2.16. The quantitative estimate of drug-likeness (QED) is 0.698. The van der Waals surface area contributed by atoms with Crippen molar-refractivity contribution in [1.82, 2.24) is 5.32 Å². The molecule has 0 bridgehead atoms. The Kier molecular flexibility index (Phi) is 6.47. The van der Waals surface area contributed by atoms with Gasteiger partial charge in [-0.05, 0) is 30.2 Å². The Morgan fingerprint density at radius 3 is 2.52 bits per heavy atom. The number of rotatable bonds is 6. The zero-order chi connectivity index (χ0) is 18.2. The van der Waals surface area contributed by atoms with E-state index in [9.17, 15) is 19.1 Å². The number of benzene rings is 2. The van der Waals surface area contributed by atoms with Crippen molar-refractivity contribution in [3.63, 3.8) is 0 Å². The van der Waals surface area contributed by atoms with Gasteiger partial charge < -0.3 is 20.5 Å². The molecule has 2 aromatic rings. The monoisotopic (exact) mass is 346 g/mol. The highest BCUT2D eigenvalue weighted by Crippen LogP contribution is 2.25. The fraction of sp³-hybridized carbons (Fsp3) is 0.222. The summed E-state index contributed by atoms with van der Waals surface area (Å²) in [5.41, 5.74) is 1.59. The van der Waals surface area contributed by atoms with Crippen LogP contribution in [0.1, 0.15) is 18.1 Å². The minimum Gasteiger partial charge on any atom is -0.492 e. The van der Waals surface area contributed by atoms with Crippen LogP contribution in [0.15, 0.2) is 42.5 Å². The number of nitrogens with one attached hydrogen (secondary N) is 2. The van der Waals surface area contributed by atoms with Crippen LogP contribution in [0.2, 0.25) is 0 Å². The molecule has 2 amide bonds. The van der Waals surface area contributed by atoms with Crippen molar-refractivity contribution in [2.24, 2.45) is 0 Å². The van der Waals surface area contributed by atoms with Crippen molar-refractivity contribution in [2.75, 3.05) is 11.9 Å². The minimum atomic E-state index is -0.894. The van der Waals surface area contributed by atoms with E-state index >= 15 is 0 Å². The van der Waals surface area contributed by atoms with Gasteiger partial charge in [-0.15, -0.1) is 0 Å². The molecule has 3 N–H and O–H groups in total. The van der Waals surface area contributed by atoms with Crippen LogP contribution in [-0.2, 0) is 22.7 Å². The molecule has 0 saturated heterocycles. The number of carbonyl (C=O) groups excluding carboxylic acids is 2. The second-order valence-electron chi connectivity index (χ2n) is 5.14. The molecule has 0 atom stereocenters. The first kappa shape index (κ1) is 18.4. The largest absolute Gasteiger partial charge is 0.492 e. The highest BCUT2D eigenvalue weighted by atomic mass is 19.1. The third kappa shape index (κ3) is 5.02. The first-order valence-electron chi connectivity index (χ1n) is 7.74. The van der Waals surface area contributed by atoms with Crippen molar-refractivity contribution < 1.29 is 23.8 Å². The van der Waals surface area contributed by atoms with Gasteiger partial charge in [0.05, 0.1) is 18.9 Å². The molecule has 25 heavy (non-hydrogen) atoms. The molecule has 6 nitrogen and oxygen atoms in total. The summed E-state index contributed by atoms with van der Waals surface area (Å²) >= 11 is 0. The summed E-state index contributed by atoms with van der Waals surface area (Å²) in [4.78, 5) is 24.0. The van der Waals surface area contributed by atoms with Crippen LogP contribution in [0.4, 0.5) is 10.1 Å². The molecule has 0 heterocycles. The van der Waals surface area contributed by atoms with E-state index in [4.69, 9.17) is 4.74 Å². The molecule has 2 aromatic carbocycles. The number of halogens is 1. The predicted molar refractivity (Wildman–Crippen MR) is 90.4 cm³/mol. The zero-order valence-corrected chi connectivity index (χ0v) is 13.7. The van der Waals surface area contributed by atoms with Gasteiger partial charge in [-0.25, -0.2) is 4.39 Å². The summed E-state index contributed by atoms with van der Waals surface area (Å²) in [6, 6.07) is 10.6. The number of amides is 2. The molecular weight excluding hydrogens is 327 g/mol. The van der Waals surface area contributed by atoms with E-state index in [-0.39, 0.29) is 31.2 Å². The Morgan fingerprint density at radius 1 is 1.12 bits per heavy atom. The van der Waals surface area contributed by atoms with Crippen molar-refractivity contribution in [3.05, 3.63) is 59.4 Å². The molecule has 2 rings (SSSR count). The maximum atomic E-state index is 13.3. The Bertz CT molecular complexity index is 764. The van der Waals surface area contributed by atoms with Gasteiger partial charge in [0.15, 0.2) is 0 Å². The molecule has 0 aliphatic heterocycles. The fourth-order valence-electron chi connectivity index (χ4n) is 2.19. The number of hydrogen-bond donors (Lipinski definition) is 3. The Labute approximate surface area is 144 Å². The first-order valence-corrected chi connectivity index (χ1v) is 7.74. The zero-order valence-electron chi connectivity index (χ0n) is 13.7. The third-order valence-corrected chi connectivity index (χ3v) is 3.43. The van der Waals surface area contributed by atoms with E-state index < -0.39 is 17.6 Å². The SMILES string of the molecule is CCOc1cc(F)ccc1NC(=O)C(=O)NCc1ccccc1CO. The minimum absolute atomic E-state index is 0.102. The highest BCUT2D eigenvalue weighted by molar-refractivity contribution is 6.39. The van der Waals surface area contributed by atoms with Gasteiger partial charge in [0.1, 0.15) is 11.6 Å². The molecule has 0 unspecified atom stereocenters. The maximum Gasteiger partial charge on any atom is 0.313 e. The van der Waals surface area contributed by atoms with Crippen molar-refractivity contribution >= 4 is 17.5 Å². The number of anilines is 1. The van der Waals surface area contributed by atoms with E-state index in [0.29, 0.717) is 11.1 Å². The second-order valence-corrected chi connectivity index (χ2v) is 5.14. The number of aliphatic hydroxyl groups excluding tert-OH is 1. The lowest BCUT2D eigenvalue weighted by Crippen LogP contribution is -2.35. The van der Waals surface area contributed by atoms with Gasteiger partial charge in [-0.3, -0.25) is 9.59 Å². The molecular formula is C18H19FN2O4. The van der Waals surface area contributed by atoms with Gasteiger partial charge in [-0.2, -0.15) is 0 Å². The lowest BCUT2D eigenvalue weighted by Gasteiger charge is -2.12. The van der Waals surface area contributed by atoms with Crippen LogP contribution >= 0.6 is 0 Å². The normalized spacial score (nSPS) is 10.2. The molecule has 7 heteroatoms. The summed E-state index contributed by atoms with van der Waals surface area (Å²) in [6.07, 6.45) is 0. The molecule has 132 valence electrons. The van der Waals surface area contributed by atoms with Crippen molar-refractivity contribution in [1.29, 1.82) is 0 Å². The van der Waals surface area contributed by atoms with Crippen LogP contribution in [0, 0.1) is 5.82 Å². The van der Waals surface area contributed by atoms with Gasteiger partial charge in [0.25, 0.3) is 0 Å². The average molecular weight is 346 g/mol. The van der Waals surface area contributed by atoms with Crippen LogP contribution in [0.25, 0.3) is 0 Å². The molecule has 0 aliphatic carbocycles. The molecule has 0 saturated carbocycles. The lowest BCUT2D eigenvalue weighted by molar-refractivity contribution is -0.136. The fourth-order valence-corrected chi connectivity index (χ4v) is 2.19. The van der Waals surface area contributed by atoms with E-state index in [1.54, 1.807) is 31.2 Å². The maximum absolute atomic E-state index is 13.3. The molecule has 0 fully saturated rings. The van der Waals surface area contributed by atoms with Crippen LogP contribution < -0.4 is 15.4 Å². The Balaban J connectivity index is 2.00. The second kappa shape index (κ2) is 8.79. The van der Waals surface area contributed by atoms with Crippen LogP contribution in [-0.4, -0.2) is 23.5 Å². The molecule has 0 spiro atoms. The lowest BCUT2D eigenvalue weighted by atomic mass is 10.1. The van der Waals surface area contributed by atoms with Gasteiger partial charge in [0.2, 0.25) is 0 Å². The Morgan fingerprint density at radius 2 is 1.84 bits per heavy atom. The van der Waals surface area contributed by atoms with Crippen molar-refractivity contribution in [2.45, 2.75) is 20.1 Å². The molecule has 0 radical (unpaired) electrons. The van der Waals surface area contributed by atoms with Crippen LogP contribution in [0.5, 0.6) is 5.75 Å². The van der Waals surface area contributed by atoms with Gasteiger partial charge in [0, 0.05) is 12.6 Å². The predicted octanol–water partition coefficient (Wildman–Crippen LogP) is 1.97. The summed E-state index contributed by atoms with van der Waals surface area (Å²) in [5, 5.41) is 14.1. The van der Waals surface area contributed by atoms with E-state index in [0.717, 1.165) is 12.1 Å². The standard InChI is InChI=1S/C18H19FN2O4/c1-2-25-16-9-14(19)7-8-15(16)21-18(24)17(23)20-10-12-5-3-4-6-13(12)11-22/h3-9,22H,2,10-11H2,1H3,(H,20,23)(H,21,24). The average Bonchev–Trinajstić information content (AvgIpc) is 2.62. The molecule has 0 aliphatic rings. The summed E-state index contributed by atoms with van der Waals surface area (Å²) in [5.74, 6) is -2.10. The van der Waals surface area contributed by atoms with E-state index in [1.807, 2.05) is 0 Å². The number of carbonyl (C=O) groups is 2. The first-order chi connectivity index (χ1) is 12.0. The van der Waals surface area contributed by atoms with Crippen LogP contribution in [0.3, 0.4) is 0 Å². The smallest absolute Gasteiger partial charge is 0.313 e. The van der Waals surface area contributed by atoms with E-state index in [1.165, 1.54) is 6.07 Å². The van der Waals surface area contributed by atoms with Crippen molar-refractivity contribution in [3.8, 4) is 5.75 Å². The summed E-state index contributed by atoms with van der Waals surface area (Å²) < 4.78 is 18.5.